The summed E-state index contributed by atoms with van der Waals surface area (Å²) in [6, 6.07) is 3.97. The molecule has 0 saturated carbocycles. The van der Waals surface area contributed by atoms with Crippen molar-refractivity contribution in [2.75, 3.05) is 12.3 Å². The Morgan fingerprint density at radius 2 is 2.05 bits per heavy atom. The minimum absolute atomic E-state index is 0.00101. The third-order valence-corrected chi connectivity index (χ3v) is 2.62. The van der Waals surface area contributed by atoms with Crippen LogP contribution >= 0.6 is 0 Å². The molecule has 19 heavy (non-hydrogen) atoms. The molecule has 0 fully saturated rings. The molecule has 0 aromatic heterocycles. The van der Waals surface area contributed by atoms with Crippen LogP contribution in [0, 0.1) is 15.5 Å². The standard InChI is InChI=1S/C13H19N3O3/c1-13(2,3)6-7-15-12(17)10-8-9(14)4-5-11(10)16(18)19/h4-5,8H,6-7,14H2,1-3H3,(H,15,17). The highest BCUT2D eigenvalue weighted by Crippen LogP contribution is 2.21. The van der Waals surface area contributed by atoms with Gasteiger partial charge in [-0.3, -0.25) is 14.9 Å². The van der Waals surface area contributed by atoms with E-state index in [1.54, 1.807) is 0 Å². The van der Waals surface area contributed by atoms with Gasteiger partial charge in [-0.05, 0) is 24.0 Å². The van der Waals surface area contributed by atoms with Gasteiger partial charge in [-0.15, -0.1) is 0 Å². The first-order valence-corrected chi connectivity index (χ1v) is 6.03. The molecule has 1 amide bonds. The number of nitrogens with one attached hydrogen (secondary N) is 1. The largest absolute Gasteiger partial charge is 0.399 e. The Morgan fingerprint density at radius 1 is 1.42 bits per heavy atom. The first-order valence-electron chi connectivity index (χ1n) is 6.03. The van der Waals surface area contributed by atoms with Gasteiger partial charge in [0.2, 0.25) is 0 Å². The van der Waals surface area contributed by atoms with E-state index in [4.69, 9.17) is 5.73 Å². The van der Waals surface area contributed by atoms with E-state index >= 15 is 0 Å². The number of hydrogen-bond donors (Lipinski definition) is 2. The monoisotopic (exact) mass is 265 g/mol. The summed E-state index contributed by atoms with van der Waals surface area (Å²) in [5.41, 5.74) is 5.74. The van der Waals surface area contributed by atoms with E-state index in [1.165, 1.54) is 18.2 Å². The maximum atomic E-state index is 11.9. The predicted molar refractivity (Wildman–Crippen MR) is 73.9 cm³/mol. The summed E-state index contributed by atoms with van der Waals surface area (Å²) in [6.45, 7) is 6.64. The SMILES string of the molecule is CC(C)(C)CCNC(=O)c1cc(N)ccc1[N+](=O)[O-]. The van der Waals surface area contributed by atoms with Crippen molar-refractivity contribution in [1.29, 1.82) is 0 Å². The molecule has 0 bridgehead atoms. The van der Waals surface area contributed by atoms with Gasteiger partial charge in [-0.25, -0.2) is 0 Å². The van der Waals surface area contributed by atoms with Crippen LogP contribution in [-0.4, -0.2) is 17.4 Å². The minimum atomic E-state index is -0.585. The zero-order chi connectivity index (χ0) is 14.6. The van der Waals surface area contributed by atoms with Gasteiger partial charge in [0.15, 0.2) is 0 Å². The topological polar surface area (TPSA) is 98.3 Å². The van der Waals surface area contributed by atoms with E-state index in [0.717, 1.165) is 6.42 Å². The van der Waals surface area contributed by atoms with Gasteiger partial charge >= 0.3 is 0 Å². The molecule has 0 atom stereocenters. The normalized spacial score (nSPS) is 11.1. The van der Waals surface area contributed by atoms with Crippen molar-refractivity contribution in [1.82, 2.24) is 5.32 Å². The molecular weight excluding hydrogens is 246 g/mol. The van der Waals surface area contributed by atoms with Crippen molar-refractivity contribution < 1.29 is 9.72 Å². The zero-order valence-corrected chi connectivity index (χ0v) is 11.4. The van der Waals surface area contributed by atoms with Crippen LogP contribution in [0.15, 0.2) is 18.2 Å². The summed E-state index contributed by atoms with van der Waals surface area (Å²) in [6.07, 6.45) is 0.787. The summed E-state index contributed by atoms with van der Waals surface area (Å²) < 4.78 is 0. The number of amides is 1. The molecule has 6 nitrogen and oxygen atoms in total. The molecule has 0 spiro atoms. The lowest BCUT2D eigenvalue weighted by Crippen LogP contribution is -2.27. The number of carbonyl (C=O) groups excluding carboxylic acids is 1. The number of carbonyl (C=O) groups is 1. The van der Waals surface area contributed by atoms with E-state index < -0.39 is 10.8 Å². The highest BCUT2D eigenvalue weighted by Gasteiger charge is 2.20. The molecule has 0 heterocycles. The van der Waals surface area contributed by atoms with Crippen LogP contribution in [0.1, 0.15) is 37.6 Å². The molecule has 0 radical (unpaired) electrons. The van der Waals surface area contributed by atoms with Gasteiger partial charge in [0.1, 0.15) is 5.56 Å². The number of benzene rings is 1. The van der Waals surface area contributed by atoms with E-state index in [1.807, 2.05) is 0 Å². The number of anilines is 1. The Labute approximate surface area is 112 Å². The average Bonchev–Trinajstić information content (AvgIpc) is 2.26. The number of nitrogens with two attached hydrogens (primary N) is 1. The van der Waals surface area contributed by atoms with Crippen LogP contribution in [0.3, 0.4) is 0 Å². The van der Waals surface area contributed by atoms with Gasteiger partial charge in [0, 0.05) is 18.3 Å². The number of nitro groups is 1. The van der Waals surface area contributed by atoms with Gasteiger partial charge in [0.25, 0.3) is 11.6 Å². The quantitative estimate of drug-likeness (QED) is 0.496. The van der Waals surface area contributed by atoms with Crippen molar-refractivity contribution in [3.63, 3.8) is 0 Å². The van der Waals surface area contributed by atoms with Gasteiger partial charge in [-0.2, -0.15) is 0 Å². The molecule has 1 aromatic rings. The van der Waals surface area contributed by atoms with E-state index in [2.05, 4.69) is 26.1 Å². The van der Waals surface area contributed by atoms with E-state index in [0.29, 0.717) is 12.2 Å². The third kappa shape index (κ3) is 4.57. The number of nitro benzene ring substituents is 1. The van der Waals surface area contributed by atoms with Crippen LogP contribution in [0.2, 0.25) is 0 Å². The molecule has 3 N–H and O–H groups in total. The van der Waals surface area contributed by atoms with E-state index in [9.17, 15) is 14.9 Å². The number of nitrogen functional groups attached to an aromatic ring is 1. The molecule has 104 valence electrons. The molecule has 1 aromatic carbocycles. The van der Waals surface area contributed by atoms with Crippen molar-refractivity contribution in [2.24, 2.45) is 5.41 Å². The second-order valence-corrected chi connectivity index (χ2v) is 5.60. The number of hydrogen-bond acceptors (Lipinski definition) is 4. The second-order valence-electron chi connectivity index (χ2n) is 5.60. The summed E-state index contributed by atoms with van der Waals surface area (Å²) in [7, 11) is 0. The molecule has 6 heteroatoms. The van der Waals surface area contributed by atoms with Crippen LogP contribution in [0.5, 0.6) is 0 Å². The summed E-state index contributed by atoms with van der Waals surface area (Å²) >= 11 is 0. The van der Waals surface area contributed by atoms with Crippen LogP contribution in [0.4, 0.5) is 11.4 Å². The minimum Gasteiger partial charge on any atom is -0.399 e. The van der Waals surface area contributed by atoms with Crippen molar-refractivity contribution in [3.05, 3.63) is 33.9 Å². The maximum Gasteiger partial charge on any atom is 0.282 e. The fourth-order valence-electron chi connectivity index (χ4n) is 1.54. The van der Waals surface area contributed by atoms with Gasteiger partial charge in [0.05, 0.1) is 4.92 Å². The van der Waals surface area contributed by atoms with Crippen LogP contribution < -0.4 is 11.1 Å². The number of nitrogens with zero attached hydrogens (tertiary/aromatic N) is 1. The molecular formula is C13H19N3O3. The molecule has 0 aliphatic heterocycles. The molecule has 0 aliphatic carbocycles. The lowest BCUT2D eigenvalue weighted by Gasteiger charge is -2.18. The lowest BCUT2D eigenvalue weighted by molar-refractivity contribution is -0.385. The highest BCUT2D eigenvalue weighted by atomic mass is 16.6. The maximum absolute atomic E-state index is 11.9. The van der Waals surface area contributed by atoms with Gasteiger partial charge in [-0.1, -0.05) is 20.8 Å². The highest BCUT2D eigenvalue weighted by molar-refractivity contribution is 5.99. The fraction of sp³-hybridized carbons (Fsp3) is 0.462. The molecule has 0 aliphatic rings. The first kappa shape index (κ1) is 14.9. The summed E-state index contributed by atoms with van der Waals surface area (Å²) in [5, 5.41) is 13.5. The fourth-order valence-corrected chi connectivity index (χ4v) is 1.54. The Balaban J connectivity index is 2.81. The summed E-state index contributed by atoms with van der Waals surface area (Å²) in [5.74, 6) is -0.469. The Kier molecular flexibility index (Phi) is 4.47. The van der Waals surface area contributed by atoms with E-state index in [-0.39, 0.29) is 16.7 Å². The third-order valence-electron chi connectivity index (χ3n) is 2.62. The molecule has 1 rings (SSSR count). The Bertz CT molecular complexity index is 492. The van der Waals surface area contributed by atoms with Crippen molar-refractivity contribution in [2.45, 2.75) is 27.2 Å². The molecule has 0 unspecified atom stereocenters. The van der Waals surface area contributed by atoms with Crippen LogP contribution in [-0.2, 0) is 0 Å². The Hall–Kier alpha value is -2.11. The predicted octanol–water partition coefficient (Wildman–Crippen LogP) is 2.34. The second kappa shape index (κ2) is 5.69. The van der Waals surface area contributed by atoms with Crippen LogP contribution in [0.25, 0.3) is 0 Å². The number of rotatable bonds is 4. The lowest BCUT2D eigenvalue weighted by atomic mass is 9.92. The smallest absolute Gasteiger partial charge is 0.282 e. The van der Waals surface area contributed by atoms with Gasteiger partial charge < -0.3 is 11.1 Å². The van der Waals surface area contributed by atoms with Crippen molar-refractivity contribution >= 4 is 17.3 Å². The first-order chi connectivity index (χ1) is 8.70. The summed E-state index contributed by atoms with van der Waals surface area (Å²) in [4.78, 5) is 22.2. The molecule has 0 saturated heterocycles. The average molecular weight is 265 g/mol. The zero-order valence-electron chi connectivity index (χ0n) is 11.4. The Morgan fingerprint density at radius 3 is 2.58 bits per heavy atom. The van der Waals surface area contributed by atoms with Crippen molar-refractivity contribution in [3.8, 4) is 0 Å².